The van der Waals surface area contributed by atoms with Gasteiger partial charge in [-0.3, -0.25) is 4.79 Å². The van der Waals surface area contributed by atoms with Gasteiger partial charge in [0.1, 0.15) is 11.5 Å². The van der Waals surface area contributed by atoms with Gasteiger partial charge in [0.25, 0.3) is 0 Å². The van der Waals surface area contributed by atoms with Gasteiger partial charge in [-0.2, -0.15) is 0 Å². The monoisotopic (exact) mass is 327 g/mol. The first kappa shape index (κ1) is 16.3. The first-order chi connectivity index (χ1) is 11.6. The van der Waals surface area contributed by atoms with E-state index in [1.54, 1.807) is 35.2 Å². The lowest BCUT2D eigenvalue weighted by Crippen LogP contribution is -2.41. The van der Waals surface area contributed by atoms with E-state index in [0.717, 1.165) is 5.56 Å². The Morgan fingerprint density at radius 1 is 1.08 bits per heavy atom. The van der Waals surface area contributed by atoms with Gasteiger partial charge in [-0.1, -0.05) is 30.3 Å². The van der Waals surface area contributed by atoms with Crippen molar-refractivity contribution in [1.29, 1.82) is 0 Å². The normalized spacial score (nSPS) is 15.9. The van der Waals surface area contributed by atoms with Crippen molar-refractivity contribution in [3.63, 3.8) is 0 Å². The van der Waals surface area contributed by atoms with Crippen LogP contribution in [-0.4, -0.2) is 47.3 Å². The predicted octanol–water partition coefficient (Wildman–Crippen LogP) is 2.48. The first-order valence-electron chi connectivity index (χ1n) is 8.07. The van der Waals surface area contributed by atoms with Crippen LogP contribution in [0.1, 0.15) is 23.5 Å². The van der Waals surface area contributed by atoms with E-state index in [1.807, 2.05) is 18.2 Å². The molecule has 0 bridgehead atoms. The average molecular weight is 327 g/mol. The van der Waals surface area contributed by atoms with E-state index in [9.17, 15) is 15.0 Å². The number of hydrogen-bond acceptors (Lipinski definition) is 4. The van der Waals surface area contributed by atoms with Crippen LogP contribution >= 0.6 is 0 Å². The van der Waals surface area contributed by atoms with Crippen molar-refractivity contribution in [3.8, 4) is 11.5 Å². The van der Waals surface area contributed by atoms with Gasteiger partial charge in [-0.25, -0.2) is 0 Å². The van der Waals surface area contributed by atoms with Crippen LogP contribution in [-0.2, 0) is 9.53 Å². The van der Waals surface area contributed by atoms with Crippen molar-refractivity contribution in [3.05, 3.63) is 59.7 Å². The summed E-state index contributed by atoms with van der Waals surface area (Å²) in [5, 5.41) is 20.0. The molecule has 0 spiro atoms. The second-order valence-electron chi connectivity index (χ2n) is 5.90. The van der Waals surface area contributed by atoms with E-state index in [0.29, 0.717) is 31.9 Å². The summed E-state index contributed by atoms with van der Waals surface area (Å²) >= 11 is 0. The minimum atomic E-state index is -0.311. The molecule has 0 aliphatic carbocycles. The van der Waals surface area contributed by atoms with Gasteiger partial charge < -0.3 is 19.8 Å². The van der Waals surface area contributed by atoms with Gasteiger partial charge >= 0.3 is 0 Å². The summed E-state index contributed by atoms with van der Waals surface area (Å²) in [6.45, 7) is 2.29. The summed E-state index contributed by atoms with van der Waals surface area (Å²) in [7, 11) is 0. The maximum absolute atomic E-state index is 12.7. The van der Waals surface area contributed by atoms with E-state index in [-0.39, 0.29) is 29.7 Å². The first-order valence-corrected chi connectivity index (χ1v) is 8.07. The summed E-state index contributed by atoms with van der Waals surface area (Å²) in [6, 6.07) is 13.9. The van der Waals surface area contributed by atoms with Crippen molar-refractivity contribution >= 4 is 5.91 Å². The maximum Gasteiger partial charge on any atom is 0.223 e. The lowest BCUT2D eigenvalue weighted by molar-refractivity contribution is -0.135. The SMILES string of the molecule is O=C(C[C@@H](c1cccc(O)c1)c1ccccc1O)N1CCOCC1. The second kappa shape index (κ2) is 7.36. The zero-order chi connectivity index (χ0) is 16.9. The van der Waals surface area contributed by atoms with E-state index in [2.05, 4.69) is 0 Å². The molecule has 0 aromatic heterocycles. The van der Waals surface area contributed by atoms with Crippen LogP contribution in [0.25, 0.3) is 0 Å². The number of carbonyl (C=O) groups is 1. The van der Waals surface area contributed by atoms with Gasteiger partial charge in [0.2, 0.25) is 5.91 Å². The number of rotatable bonds is 4. The fourth-order valence-electron chi connectivity index (χ4n) is 3.05. The molecule has 0 unspecified atom stereocenters. The number of hydrogen-bond donors (Lipinski definition) is 2. The Kier molecular flexibility index (Phi) is 5.01. The molecule has 5 nitrogen and oxygen atoms in total. The molecule has 1 fully saturated rings. The number of benzene rings is 2. The Bertz CT molecular complexity index is 710. The molecule has 2 aromatic rings. The lowest BCUT2D eigenvalue weighted by Gasteiger charge is -2.29. The van der Waals surface area contributed by atoms with Crippen LogP contribution in [0.3, 0.4) is 0 Å². The molecule has 1 heterocycles. The molecule has 2 N–H and O–H groups in total. The minimum Gasteiger partial charge on any atom is -0.508 e. The highest BCUT2D eigenvalue weighted by Gasteiger charge is 2.25. The summed E-state index contributed by atoms with van der Waals surface area (Å²) < 4.78 is 5.29. The number of nitrogens with zero attached hydrogens (tertiary/aromatic N) is 1. The third kappa shape index (κ3) is 3.68. The van der Waals surface area contributed by atoms with Crippen LogP contribution in [0.2, 0.25) is 0 Å². The zero-order valence-corrected chi connectivity index (χ0v) is 13.4. The molecule has 5 heteroatoms. The van der Waals surface area contributed by atoms with E-state index < -0.39 is 0 Å². The maximum atomic E-state index is 12.7. The number of morpholine rings is 1. The summed E-state index contributed by atoms with van der Waals surface area (Å²) in [4.78, 5) is 14.5. The number of para-hydroxylation sites is 1. The van der Waals surface area contributed by atoms with Crippen LogP contribution in [0.5, 0.6) is 11.5 Å². The molecule has 2 aromatic carbocycles. The number of carbonyl (C=O) groups excluding carboxylic acids is 1. The van der Waals surface area contributed by atoms with Gasteiger partial charge in [-0.15, -0.1) is 0 Å². The summed E-state index contributed by atoms with van der Waals surface area (Å²) in [6.07, 6.45) is 0.237. The van der Waals surface area contributed by atoms with Gasteiger partial charge in [0, 0.05) is 31.0 Å². The fraction of sp³-hybridized carbons (Fsp3) is 0.316. The van der Waals surface area contributed by atoms with Crippen molar-refractivity contribution in [1.82, 2.24) is 4.90 Å². The Morgan fingerprint density at radius 3 is 2.54 bits per heavy atom. The third-order valence-electron chi connectivity index (χ3n) is 4.33. The topological polar surface area (TPSA) is 70.0 Å². The van der Waals surface area contributed by atoms with Crippen molar-refractivity contribution in [2.45, 2.75) is 12.3 Å². The zero-order valence-electron chi connectivity index (χ0n) is 13.4. The molecule has 126 valence electrons. The third-order valence-corrected chi connectivity index (χ3v) is 4.33. The van der Waals surface area contributed by atoms with Gasteiger partial charge in [0.15, 0.2) is 0 Å². The van der Waals surface area contributed by atoms with Gasteiger partial charge in [-0.05, 0) is 23.8 Å². The molecule has 24 heavy (non-hydrogen) atoms. The Balaban J connectivity index is 1.90. The molecular weight excluding hydrogens is 306 g/mol. The molecule has 0 radical (unpaired) electrons. The minimum absolute atomic E-state index is 0.0231. The molecule has 1 amide bonds. The number of amides is 1. The van der Waals surface area contributed by atoms with Crippen LogP contribution < -0.4 is 0 Å². The fourth-order valence-corrected chi connectivity index (χ4v) is 3.05. The van der Waals surface area contributed by atoms with Crippen LogP contribution in [0.4, 0.5) is 0 Å². The van der Waals surface area contributed by atoms with Crippen LogP contribution in [0, 0.1) is 0 Å². The average Bonchev–Trinajstić information content (AvgIpc) is 2.61. The highest BCUT2D eigenvalue weighted by Crippen LogP contribution is 2.35. The van der Waals surface area contributed by atoms with E-state index in [1.165, 1.54) is 0 Å². The Morgan fingerprint density at radius 2 is 1.83 bits per heavy atom. The van der Waals surface area contributed by atoms with E-state index in [4.69, 9.17) is 4.74 Å². The van der Waals surface area contributed by atoms with Gasteiger partial charge in [0.05, 0.1) is 13.2 Å². The highest BCUT2D eigenvalue weighted by atomic mass is 16.5. The lowest BCUT2D eigenvalue weighted by atomic mass is 9.87. The molecule has 1 atom stereocenters. The summed E-state index contributed by atoms with van der Waals surface area (Å²) in [5.41, 5.74) is 1.49. The second-order valence-corrected chi connectivity index (χ2v) is 5.90. The molecule has 1 aliphatic rings. The number of phenols is 2. The number of ether oxygens (including phenoxy) is 1. The molecule has 0 saturated carbocycles. The van der Waals surface area contributed by atoms with Crippen LogP contribution in [0.15, 0.2) is 48.5 Å². The molecular formula is C19H21NO4. The van der Waals surface area contributed by atoms with E-state index >= 15 is 0 Å². The number of phenolic OH excluding ortho intramolecular Hbond substituents is 2. The Labute approximate surface area is 141 Å². The largest absolute Gasteiger partial charge is 0.508 e. The standard InChI is InChI=1S/C19H21NO4/c21-15-5-3-4-14(12-15)17(16-6-1-2-7-18(16)22)13-19(23)20-8-10-24-11-9-20/h1-7,12,17,21-22H,8-11,13H2/t17-/m0/s1. The van der Waals surface area contributed by atoms with Crippen molar-refractivity contribution in [2.24, 2.45) is 0 Å². The number of aromatic hydroxyl groups is 2. The van der Waals surface area contributed by atoms with Crippen molar-refractivity contribution in [2.75, 3.05) is 26.3 Å². The smallest absolute Gasteiger partial charge is 0.223 e. The molecule has 3 rings (SSSR count). The highest BCUT2D eigenvalue weighted by molar-refractivity contribution is 5.78. The van der Waals surface area contributed by atoms with Crippen molar-refractivity contribution < 1.29 is 19.7 Å². The molecule has 1 saturated heterocycles. The summed E-state index contributed by atoms with van der Waals surface area (Å²) in [5.74, 6) is 0.0101. The molecule has 1 aliphatic heterocycles. The predicted molar refractivity (Wildman–Crippen MR) is 90.1 cm³/mol. The Hall–Kier alpha value is -2.53. The quantitative estimate of drug-likeness (QED) is 0.905.